The Labute approximate surface area is 204 Å². The Morgan fingerprint density at radius 3 is 2.70 bits per heavy atom. The lowest BCUT2D eigenvalue weighted by Crippen LogP contribution is -2.32. The van der Waals surface area contributed by atoms with Crippen molar-refractivity contribution in [1.82, 2.24) is 19.6 Å². The third kappa shape index (κ3) is 6.30. The number of hydrogen-bond donors (Lipinski definition) is 1. The van der Waals surface area contributed by atoms with E-state index < -0.39 is 0 Å². The number of nitrogens with zero attached hydrogens (tertiary/aromatic N) is 3. The quantitative estimate of drug-likeness (QED) is 0.228. The van der Waals surface area contributed by atoms with Crippen molar-refractivity contribution in [3.63, 3.8) is 0 Å². The first-order valence-corrected chi connectivity index (χ1v) is 13.3. The van der Waals surface area contributed by atoms with Crippen molar-refractivity contribution in [3.05, 3.63) is 64.4 Å². The third-order valence-electron chi connectivity index (χ3n) is 5.97. The molecule has 0 saturated heterocycles. The zero-order valence-corrected chi connectivity index (χ0v) is 21.2. The zero-order valence-electron chi connectivity index (χ0n) is 19.5. The summed E-state index contributed by atoms with van der Waals surface area (Å²) < 4.78 is 5.52. The van der Waals surface area contributed by atoms with Crippen LogP contribution in [0, 0.1) is 5.92 Å². The fourth-order valence-electron chi connectivity index (χ4n) is 4.47. The van der Waals surface area contributed by atoms with Gasteiger partial charge in [0.05, 0.1) is 20.9 Å². The predicted octanol–water partition coefficient (Wildman–Crippen LogP) is 6.08. The molecule has 0 spiro atoms. The number of benzene rings is 1. The molecule has 0 atom stereocenters. The van der Waals surface area contributed by atoms with Gasteiger partial charge in [0.1, 0.15) is 0 Å². The highest BCUT2D eigenvalue weighted by Crippen LogP contribution is 2.37. The van der Waals surface area contributed by atoms with Crippen molar-refractivity contribution < 1.29 is 4.79 Å². The molecule has 5 nitrogen and oxygen atoms in total. The van der Waals surface area contributed by atoms with Crippen LogP contribution < -0.4 is 5.32 Å². The second-order valence-electron chi connectivity index (χ2n) is 9.26. The third-order valence-corrected chi connectivity index (χ3v) is 7.76. The Bertz CT molecular complexity index is 1080. The molecule has 2 heterocycles. The first-order chi connectivity index (χ1) is 16.0. The first kappa shape index (κ1) is 23.6. The van der Waals surface area contributed by atoms with Crippen LogP contribution in [0.25, 0.3) is 15.8 Å². The number of fused-ring (bicyclic) bond motifs is 1. The number of hydrogen-bond acceptors (Lipinski definition) is 7. The first-order valence-electron chi connectivity index (χ1n) is 11.6. The molecule has 1 aromatic carbocycles. The molecule has 1 fully saturated rings. The number of para-hydroxylation sites is 1. The van der Waals surface area contributed by atoms with Crippen molar-refractivity contribution in [2.45, 2.75) is 51.5 Å². The average molecular weight is 481 g/mol. The number of thiazole rings is 1. The summed E-state index contributed by atoms with van der Waals surface area (Å²) in [6, 6.07) is 8.68. The number of carbonyl (C=O) groups excluding carboxylic acids is 1. The number of nitrogens with one attached hydrogen (secondary N) is 1. The second kappa shape index (κ2) is 11.1. The van der Waals surface area contributed by atoms with Gasteiger partial charge in [0.2, 0.25) is 0 Å². The predicted molar refractivity (Wildman–Crippen MR) is 139 cm³/mol. The van der Waals surface area contributed by atoms with Gasteiger partial charge in [-0.2, -0.15) is 0 Å². The lowest BCUT2D eigenvalue weighted by atomic mass is 9.86. The summed E-state index contributed by atoms with van der Waals surface area (Å²) in [5.41, 5.74) is 3.78. The van der Waals surface area contributed by atoms with Crippen LogP contribution in [-0.2, 0) is 4.79 Å². The molecule has 0 bridgehead atoms. The van der Waals surface area contributed by atoms with Crippen LogP contribution in [-0.4, -0.2) is 40.2 Å². The topological polar surface area (TPSA) is 58.1 Å². The minimum absolute atomic E-state index is 0.308. The van der Waals surface area contributed by atoms with Crippen LogP contribution in [0.15, 0.2) is 53.8 Å². The Morgan fingerprint density at radius 2 is 2.03 bits per heavy atom. The van der Waals surface area contributed by atoms with Crippen LogP contribution in [0.4, 0.5) is 0 Å². The fraction of sp³-hybridized carbons (Fsp3) is 0.423. The highest BCUT2D eigenvalue weighted by atomic mass is 32.1. The van der Waals surface area contributed by atoms with E-state index in [1.165, 1.54) is 21.2 Å². The molecule has 3 aromatic rings. The Balaban J connectivity index is 1.42. The van der Waals surface area contributed by atoms with Crippen LogP contribution in [0.3, 0.4) is 0 Å². The van der Waals surface area contributed by atoms with Gasteiger partial charge in [-0.3, -0.25) is 4.79 Å². The van der Waals surface area contributed by atoms with E-state index in [2.05, 4.69) is 66.0 Å². The van der Waals surface area contributed by atoms with Gasteiger partial charge in [0, 0.05) is 54.5 Å². The molecule has 1 N–H and O–H groups in total. The Kier molecular flexibility index (Phi) is 7.93. The molecule has 1 saturated carbocycles. The molecule has 2 aromatic heterocycles. The maximum Gasteiger partial charge on any atom is 0.165 e. The van der Waals surface area contributed by atoms with Crippen molar-refractivity contribution in [3.8, 4) is 0 Å². The molecular weight excluding hydrogens is 448 g/mol. The summed E-state index contributed by atoms with van der Waals surface area (Å²) in [4.78, 5) is 19.0. The molecule has 0 unspecified atom stereocenters. The average Bonchev–Trinajstić information content (AvgIpc) is 3.48. The van der Waals surface area contributed by atoms with Crippen molar-refractivity contribution >= 4 is 44.9 Å². The van der Waals surface area contributed by atoms with E-state index in [9.17, 15) is 4.79 Å². The monoisotopic (exact) mass is 480 g/mol. The summed E-state index contributed by atoms with van der Waals surface area (Å²) in [5, 5.41) is 6.79. The van der Waals surface area contributed by atoms with E-state index in [-0.39, 0.29) is 0 Å². The minimum Gasteiger partial charge on any atom is -0.380 e. The van der Waals surface area contributed by atoms with E-state index in [1.54, 1.807) is 0 Å². The molecule has 1 aliphatic rings. The molecule has 7 heteroatoms. The number of carbonyl (C=O) groups is 1. The highest BCUT2D eigenvalue weighted by molar-refractivity contribution is 7.18. The molecule has 33 heavy (non-hydrogen) atoms. The van der Waals surface area contributed by atoms with Crippen molar-refractivity contribution in [2.24, 2.45) is 5.92 Å². The fourth-order valence-corrected chi connectivity index (χ4v) is 6.15. The second-order valence-corrected chi connectivity index (χ2v) is 11.0. The highest BCUT2D eigenvalue weighted by Gasteiger charge is 2.25. The summed E-state index contributed by atoms with van der Waals surface area (Å²) in [6.07, 6.45) is 11.1. The zero-order chi connectivity index (χ0) is 23.2. The molecule has 174 valence electrons. The van der Waals surface area contributed by atoms with Crippen molar-refractivity contribution in [2.75, 3.05) is 13.6 Å². The maximum absolute atomic E-state index is 11.9. The molecule has 0 radical (unpaired) electrons. The van der Waals surface area contributed by atoms with Crippen LogP contribution in [0.2, 0.25) is 0 Å². The van der Waals surface area contributed by atoms with Gasteiger partial charge < -0.3 is 10.2 Å². The van der Waals surface area contributed by atoms with Gasteiger partial charge in [-0.1, -0.05) is 26.0 Å². The van der Waals surface area contributed by atoms with E-state index in [0.717, 1.165) is 55.2 Å². The minimum atomic E-state index is 0.308. The van der Waals surface area contributed by atoms with Crippen LogP contribution in [0.5, 0.6) is 0 Å². The lowest BCUT2D eigenvalue weighted by molar-refractivity contribution is -0.105. The Hall–Kier alpha value is -2.51. The van der Waals surface area contributed by atoms with Gasteiger partial charge in [-0.05, 0) is 61.3 Å². The van der Waals surface area contributed by atoms with E-state index in [1.807, 2.05) is 29.0 Å². The molecule has 1 aliphatic carbocycles. The van der Waals surface area contributed by atoms with E-state index in [0.29, 0.717) is 23.6 Å². The smallest absolute Gasteiger partial charge is 0.165 e. The molecule has 0 amide bonds. The Morgan fingerprint density at radius 1 is 1.24 bits per heavy atom. The van der Waals surface area contributed by atoms with E-state index >= 15 is 0 Å². The largest absolute Gasteiger partial charge is 0.380 e. The van der Waals surface area contributed by atoms with Gasteiger partial charge in [0.15, 0.2) is 6.29 Å². The normalized spacial score (nSPS) is 19.8. The standard InChI is InChI=1S/C26H32N4OS2/c1-18(2)14-30(3)15-20(21-13-27-32-17-21)12-23(16-31)28-22-10-8-19(9-11-22)26-29-24-6-4-5-7-25(24)33-26/h4-7,12-13,15-19,22,28H,8-11,14H2,1-3H3/b20-15+,23-12+. The number of aldehydes is 1. The van der Waals surface area contributed by atoms with Gasteiger partial charge in [-0.25, -0.2) is 9.36 Å². The molecule has 4 rings (SSSR count). The SMILES string of the molecule is CC(C)CN(C)/C=C(\C=C(/C=O)NC1CCC(c2nc3ccccc3s2)CC1)c1cnsc1. The number of aromatic nitrogens is 2. The number of allylic oxidation sites excluding steroid dienone is 3. The van der Waals surface area contributed by atoms with Crippen LogP contribution >= 0.6 is 22.9 Å². The summed E-state index contributed by atoms with van der Waals surface area (Å²) in [6.45, 7) is 5.36. The van der Waals surface area contributed by atoms with Gasteiger partial charge >= 0.3 is 0 Å². The summed E-state index contributed by atoms with van der Waals surface area (Å²) in [5.74, 6) is 1.08. The maximum atomic E-state index is 11.9. The van der Waals surface area contributed by atoms with Crippen LogP contribution in [0.1, 0.15) is 56.0 Å². The lowest BCUT2D eigenvalue weighted by Gasteiger charge is -2.28. The molecule has 0 aliphatic heterocycles. The molecular formula is C26H32N4OS2. The van der Waals surface area contributed by atoms with Gasteiger partial charge in [0.25, 0.3) is 0 Å². The summed E-state index contributed by atoms with van der Waals surface area (Å²) in [7, 11) is 2.07. The number of rotatable bonds is 9. The van der Waals surface area contributed by atoms with Gasteiger partial charge in [-0.15, -0.1) is 11.3 Å². The van der Waals surface area contributed by atoms with E-state index in [4.69, 9.17) is 4.98 Å². The van der Waals surface area contributed by atoms with Crippen molar-refractivity contribution in [1.29, 1.82) is 0 Å². The summed E-state index contributed by atoms with van der Waals surface area (Å²) >= 11 is 3.25.